The fourth-order valence-corrected chi connectivity index (χ4v) is 1.68. The molecular weight excluding hydrogens is 268 g/mol. The molecule has 0 atom stereocenters. The maximum absolute atomic E-state index is 5.30. The topological polar surface area (TPSA) is 29.3 Å². The van der Waals surface area contributed by atoms with E-state index < -0.39 is 0 Å². The highest BCUT2D eigenvalue weighted by Crippen LogP contribution is 2.19. The first-order valence-corrected chi connectivity index (χ1v) is 5.83. The van der Waals surface area contributed by atoms with Gasteiger partial charge in [0.25, 0.3) is 0 Å². The Hall–Kier alpha value is -1.29. The van der Waals surface area contributed by atoms with E-state index in [1.807, 2.05) is 38.2 Å². The number of rotatable bonds is 3. The Bertz CT molecular complexity index is 468. The Labute approximate surface area is 103 Å². The molecule has 0 amide bonds. The first kappa shape index (κ1) is 11.2. The van der Waals surface area contributed by atoms with Crippen LogP contribution in [0.5, 0.6) is 0 Å². The summed E-state index contributed by atoms with van der Waals surface area (Å²) >= 11 is 3.44. The molecule has 0 radical (unpaired) electrons. The summed E-state index contributed by atoms with van der Waals surface area (Å²) in [6, 6.07) is 7.85. The van der Waals surface area contributed by atoms with Crippen molar-refractivity contribution in [1.29, 1.82) is 0 Å². The Morgan fingerprint density at radius 1 is 1.38 bits per heavy atom. The lowest BCUT2D eigenvalue weighted by Crippen LogP contribution is -2.17. The van der Waals surface area contributed by atoms with Gasteiger partial charge in [-0.25, -0.2) is 4.98 Å². The summed E-state index contributed by atoms with van der Waals surface area (Å²) in [6.45, 7) is 2.70. The zero-order valence-corrected chi connectivity index (χ0v) is 10.9. The van der Waals surface area contributed by atoms with Crippen molar-refractivity contribution in [2.75, 3.05) is 11.9 Å². The smallest absolute Gasteiger partial charge is 0.129 e. The number of furan rings is 1. The van der Waals surface area contributed by atoms with E-state index in [-0.39, 0.29) is 0 Å². The van der Waals surface area contributed by atoms with Gasteiger partial charge in [-0.3, -0.25) is 0 Å². The van der Waals surface area contributed by atoms with Gasteiger partial charge in [-0.1, -0.05) is 0 Å². The lowest BCUT2D eigenvalue weighted by molar-refractivity contribution is 0.507. The zero-order chi connectivity index (χ0) is 11.5. The van der Waals surface area contributed by atoms with Gasteiger partial charge in [0.15, 0.2) is 0 Å². The quantitative estimate of drug-likeness (QED) is 0.863. The van der Waals surface area contributed by atoms with Crippen LogP contribution in [0.4, 0.5) is 5.82 Å². The van der Waals surface area contributed by atoms with Crippen LogP contribution in [-0.2, 0) is 6.54 Å². The van der Waals surface area contributed by atoms with E-state index in [0.717, 1.165) is 28.3 Å². The monoisotopic (exact) mass is 280 g/mol. The van der Waals surface area contributed by atoms with E-state index in [1.54, 1.807) is 6.26 Å². The normalized spacial score (nSPS) is 10.4. The summed E-state index contributed by atoms with van der Waals surface area (Å²) in [7, 11) is 2.00. The fourth-order valence-electron chi connectivity index (χ4n) is 1.46. The highest BCUT2D eigenvalue weighted by Gasteiger charge is 2.06. The third-order valence-electron chi connectivity index (χ3n) is 2.37. The van der Waals surface area contributed by atoms with Gasteiger partial charge in [-0.15, -0.1) is 0 Å². The van der Waals surface area contributed by atoms with Gasteiger partial charge in [0.2, 0.25) is 0 Å². The second-order valence-electron chi connectivity index (χ2n) is 3.67. The number of anilines is 1. The molecule has 2 aromatic rings. The van der Waals surface area contributed by atoms with Crippen molar-refractivity contribution in [3.05, 3.63) is 46.5 Å². The largest absolute Gasteiger partial charge is 0.467 e. The molecule has 0 saturated heterocycles. The third-order valence-corrected chi connectivity index (χ3v) is 3.21. The van der Waals surface area contributed by atoms with E-state index in [1.165, 1.54) is 0 Å². The molecule has 0 aliphatic heterocycles. The molecule has 3 nitrogen and oxygen atoms in total. The average molecular weight is 281 g/mol. The maximum atomic E-state index is 5.30. The zero-order valence-electron chi connectivity index (χ0n) is 9.27. The van der Waals surface area contributed by atoms with Crippen molar-refractivity contribution < 1.29 is 4.42 Å². The third kappa shape index (κ3) is 2.44. The van der Waals surface area contributed by atoms with Crippen molar-refractivity contribution in [2.45, 2.75) is 13.5 Å². The van der Waals surface area contributed by atoms with E-state index >= 15 is 0 Å². The number of halogens is 1. The van der Waals surface area contributed by atoms with Gasteiger partial charge in [0, 0.05) is 11.5 Å². The minimum Gasteiger partial charge on any atom is -0.467 e. The SMILES string of the molecule is Cc1nc(N(C)Cc2ccco2)ccc1Br. The lowest BCUT2D eigenvalue weighted by atomic mass is 10.3. The van der Waals surface area contributed by atoms with Gasteiger partial charge in [0.05, 0.1) is 18.5 Å². The van der Waals surface area contributed by atoms with Crippen molar-refractivity contribution in [3.63, 3.8) is 0 Å². The van der Waals surface area contributed by atoms with E-state index in [0.29, 0.717) is 0 Å². The van der Waals surface area contributed by atoms with Crippen LogP contribution < -0.4 is 4.90 Å². The second kappa shape index (κ2) is 4.70. The number of aryl methyl sites for hydroxylation is 1. The predicted molar refractivity (Wildman–Crippen MR) is 67.5 cm³/mol. The predicted octanol–water partition coefficient (Wildman–Crippen LogP) is 3.38. The van der Waals surface area contributed by atoms with Crippen molar-refractivity contribution in [3.8, 4) is 0 Å². The summed E-state index contributed by atoms with van der Waals surface area (Å²) in [5, 5.41) is 0. The number of hydrogen-bond acceptors (Lipinski definition) is 3. The first-order valence-electron chi connectivity index (χ1n) is 5.03. The Morgan fingerprint density at radius 2 is 2.19 bits per heavy atom. The number of nitrogens with zero attached hydrogens (tertiary/aromatic N) is 2. The van der Waals surface area contributed by atoms with Gasteiger partial charge in [0.1, 0.15) is 11.6 Å². The van der Waals surface area contributed by atoms with Crippen LogP contribution in [0.1, 0.15) is 11.5 Å². The molecule has 0 bridgehead atoms. The van der Waals surface area contributed by atoms with Gasteiger partial charge in [-0.2, -0.15) is 0 Å². The highest BCUT2D eigenvalue weighted by molar-refractivity contribution is 9.10. The molecular formula is C12H13BrN2O. The molecule has 0 N–H and O–H groups in total. The molecule has 16 heavy (non-hydrogen) atoms. The van der Waals surface area contributed by atoms with Crippen molar-refractivity contribution >= 4 is 21.7 Å². The molecule has 0 fully saturated rings. The van der Waals surface area contributed by atoms with Crippen LogP contribution in [-0.4, -0.2) is 12.0 Å². The van der Waals surface area contributed by atoms with Crippen molar-refractivity contribution in [1.82, 2.24) is 4.98 Å². The van der Waals surface area contributed by atoms with E-state index in [9.17, 15) is 0 Å². The Balaban J connectivity index is 2.14. The van der Waals surface area contributed by atoms with Crippen LogP contribution in [0.2, 0.25) is 0 Å². The summed E-state index contributed by atoms with van der Waals surface area (Å²) in [4.78, 5) is 6.54. The number of hydrogen-bond donors (Lipinski definition) is 0. The highest BCUT2D eigenvalue weighted by atomic mass is 79.9. The van der Waals surface area contributed by atoms with E-state index in [4.69, 9.17) is 4.42 Å². The molecule has 2 rings (SSSR count). The average Bonchev–Trinajstić information content (AvgIpc) is 2.74. The molecule has 0 aromatic carbocycles. The minimum atomic E-state index is 0.723. The number of pyridine rings is 1. The second-order valence-corrected chi connectivity index (χ2v) is 4.53. The van der Waals surface area contributed by atoms with Crippen LogP contribution in [0.25, 0.3) is 0 Å². The van der Waals surface area contributed by atoms with Crippen LogP contribution in [0, 0.1) is 6.92 Å². The molecule has 84 valence electrons. The van der Waals surface area contributed by atoms with Crippen LogP contribution >= 0.6 is 15.9 Å². The summed E-state index contributed by atoms with van der Waals surface area (Å²) in [5.41, 5.74) is 0.990. The molecule has 2 aromatic heterocycles. The number of aromatic nitrogens is 1. The summed E-state index contributed by atoms with van der Waals surface area (Å²) < 4.78 is 6.33. The van der Waals surface area contributed by atoms with Gasteiger partial charge < -0.3 is 9.32 Å². The first-order chi connectivity index (χ1) is 7.66. The van der Waals surface area contributed by atoms with Crippen LogP contribution in [0.3, 0.4) is 0 Å². The molecule has 0 saturated carbocycles. The summed E-state index contributed by atoms with van der Waals surface area (Å²) in [6.07, 6.45) is 1.68. The van der Waals surface area contributed by atoms with Crippen LogP contribution in [0.15, 0.2) is 39.4 Å². The van der Waals surface area contributed by atoms with E-state index in [2.05, 4.69) is 25.8 Å². The Kier molecular flexibility index (Phi) is 3.29. The molecule has 0 aliphatic rings. The maximum Gasteiger partial charge on any atom is 0.129 e. The molecule has 2 heterocycles. The Morgan fingerprint density at radius 3 is 2.81 bits per heavy atom. The fraction of sp³-hybridized carbons (Fsp3) is 0.250. The molecule has 0 unspecified atom stereocenters. The van der Waals surface area contributed by atoms with Gasteiger partial charge >= 0.3 is 0 Å². The minimum absolute atomic E-state index is 0.723. The van der Waals surface area contributed by atoms with Crippen molar-refractivity contribution in [2.24, 2.45) is 0 Å². The lowest BCUT2D eigenvalue weighted by Gasteiger charge is -2.17. The molecule has 0 spiro atoms. The molecule has 0 aliphatic carbocycles. The molecule has 4 heteroatoms. The van der Waals surface area contributed by atoms with Gasteiger partial charge in [-0.05, 0) is 47.1 Å². The summed E-state index contributed by atoms with van der Waals surface area (Å²) in [5.74, 6) is 1.88. The standard InChI is InChI=1S/C12H13BrN2O/c1-9-11(13)5-6-12(14-9)15(2)8-10-4-3-7-16-10/h3-7H,8H2,1-2H3.